The van der Waals surface area contributed by atoms with Gasteiger partial charge in [0.15, 0.2) is 0 Å². The van der Waals surface area contributed by atoms with Gasteiger partial charge >= 0.3 is 0 Å². The Hall–Kier alpha value is -1.00. The molecule has 1 fully saturated rings. The molecule has 4 nitrogen and oxygen atoms in total. The van der Waals surface area contributed by atoms with Crippen LogP contribution in [0.25, 0.3) is 0 Å². The number of nitrogens with zero attached hydrogens (tertiary/aromatic N) is 1. The van der Waals surface area contributed by atoms with E-state index in [9.17, 15) is 9.90 Å². The Kier molecular flexibility index (Phi) is 4.30. The zero-order valence-electron chi connectivity index (χ0n) is 10.5. The summed E-state index contributed by atoms with van der Waals surface area (Å²) in [7, 11) is 1.80. The molecule has 2 rings (SSSR count). The fourth-order valence-corrected chi connectivity index (χ4v) is 2.85. The van der Waals surface area contributed by atoms with Gasteiger partial charge in [-0.2, -0.15) is 0 Å². The van der Waals surface area contributed by atoms with E-state index in [0.717, 1.165) is 25.7 Å². The van der Waals surface area contributed by atoms with E-state index in [1.807, 2.05) is 0 Å². The Morgan fingerprint density at radius 1 is 1.61 bits per heavy atom. The number of hydrogen-bond donors (Lipinski definition) is 2. The van der Waals surface area contributed by atoms with Gasteiger partial charge in [0.2, 0.25) is 0 Å². The van der Waals surface area contributed by atoms with Crippen LogP contribution in [0.15, 0.2) is 12.3 Å². The lowest BCUT2D eigenvalue weighted by Gasteiger charge is -2.28. The van der Waals surface area contributed by atoms with E-state index in [0.29, 0.717) is 16.6 Å². The number of carbonyl (C=O) groups is 1. The highest BCUT2D eigenvalue weighted by molar-refractivity contribution is 6.31. The summed E-state index contributed by atoms with van der Waals surface area (Å²) in [6.45, 7) is 0.211. The number of rotatable bonds is 3. The molecule has 0 unspecified atom stereocenters. The van der Waals surface area contributed by atoms with Gasteiger partial charge in [-0.3, -0.25) is 4.79 Å². The second-order valence-corrected chi connectivity index (χ2v) is 5.48. The minimum Gasteiger partial charge on any atom is -0.396 e. The Balaban J connectivity index is 1.97. The molecule has 1 saturated carbocycles. The molecule has 1 aliphatic carbocycles. The number of aliphatic hydroxyl groups is 1. The lowest BCUT2D eigenvalue weighted by Crippen LogP contribution is -2.39. The molecule has 0 aromatic carbocycles. The van der Waals surface area contributed by atoms with Crippen molar-refractivity contribution in [3.05, 3.63) is 23.0 Å². The molecule has 0 spiro atoms. The van der Waals surface area contributed by atoms with E-state index < -0.39 is 0 Å². The number of amides is 1. The molecule has 1 heterocycles. The molecule has 18 heavy (non-hydrogen) atoms. The second-order valence-electron chi connectivity index (χ2n) is 5.04. The van der Waals surface area contributed by atoms with E-state index in [4.69, 9.17) is 11.6 Å². The minimum absolute atomic E-state index is 0.0898. The molecule has 2 atom stereocenters. The van der Waals surface area contributed by atoms with Crippen LogP contribution in [0.2, 0.25) is 5.02 Å². The smallest absolute Gasteiger partial charge is 0.268 e. The molecule has 100 valence electrons. The van der Waals surface area contributed by atoms with Crippen LogP contribution in [-0.4, -0.2) is 28.2 Å². The lowest BCUT2D eigenvalue weighted by molar-refractivity contribution is 0.0897. The summed E-state index contributed by atoms with van der Waals surface area (Å²) < 4.78 is 1.73. The molecule has 0 saturated heterocycles. The monoisotopic (exact) mass is 270 g/mol. The van der Waals surface area contributed by atoms with E-state index in [2.05, 4.69) is 5.32 Å². The summed E-state index contributed by atoms with van der Waals surface area (Å²) in [5, 5.41) is 12.8. The average Bonchev–Trinajstić information content (AvgIpc) is 2.69. The first-order valence-corrected chi connectivity index (χ1v) is 6.71. The highest BCUT2D eigenvalue weighted by atomic mass is 35.5. The van der Waals surface area contributed by atoms with Gasteiger partial charge in [0.25, 0.3) is 5.91 Å². The van der Waals surface area contributed by atoms with Gasteiger partial charge in [-0.15, -0.1) is 0 Å². The van der Waals surface area contributed by atoms with Crippen molar-refractivity contribution in [1.82, 2.24) is 9.88 Å². The highest BCUT2D eigenvalue weighted by Crippen LogP contribution is 2.24. The van der Waals surface area contributed by atoms with Crippen molar-refractivity contribution in [1.29, 1.82) is 0 Å². The van der Waals surface area contributed by atoms with Crippen molar-refractivity contribution >= 4 is 17.5 Å². The third-order valence-corrected chi connectivity index (χ3v) is 3.79. The Labute approximate surface area is 112 Å². The maximum Gasteiger partial charge on any atom is 0.268 e. The Morgan fingerprint density at radius 2 is 2.39 bits per heavy atom. The van der Waals surface area contributed by atoms with Crippen molar-refractivity contribution < 1.29 is 9.90 Å². The van der Waals surface area contributed by atoms with Gasteiger partial charge < -0.3 is 15.0 Å². The first-order valence-electron chi connectivity index (χ1n) is 6.33. The van der Waals surface area contributed by atoms with Crippen molar-refractivity contribution in [2.45, 2.75) is 31.7 Å². The van der Waals surface area contributed by atoms with Crippen LogP contribution in [-0.2, 0) is 7.05 Å². The van der Waals surface area contributed by atoms with E-state index >= 15 is 0 Å². The summed E-state index contributed by atoms with van der Waals surface area (Å²) in [6.07, 6.45) is 5.68. The van der Waals surface area contributed by atoms with Gasteiger partial charge in [0.1, 0.15) is 5.69 Å². The van der Waals surface area contributed by atoms with Crippen LogP contribution in [0.5, 0.6) is 0 Å². The number of halogens is 1. The van der Waals surface area contributed by atoms with Gasteiger partial charge in [0.05, 0.1) is 5.02 Å². The number of carbonyl (C=O) groups excluding carboxylic acids is 1. The van der Waals surface area contributed by atoms with Gasteiger partial charge in [0, 0.05) is 25.9 Å². The standard InChI is InChI=1S/C13H19ClN2O2/c1-16-7-10(14)6-12(16)13(18)15-11-4-2-3-9(5-11)8-17/h6-7,9,11,17H,2-5,8H2,1H3,(H,15,18)/t9-,11+/m1/s1. The average molecular weight is 271 g/mol. The summed E-state index contributed by atoms with van der Waals surface area (Å²) in [5.41, 5.74) is 0.575. The quantitative estimate of drug-likeness (QED) is 0.882. The molecule has 1 aromatic rings. The number of aryl methyl sites for hydroxylation is 1. The predicted molar refractivity (Wildman–Crippen MR) is 70.7 cm³/mol. The number of aliphatic hydroxyl groups excluding tert-OH is 1. The molecule has 0 radical (unpaired) electrons. The third-order valence-electron chi connectivity index (χ3n) is 3.58. The van der Waals surface area contributed by atoms with Crippen molar-refractivity contribution in [3.63, 3.8) is 0 Å². The third kappa shape index (κ3) is 3.06. The summed E-state index contributed by atoms with van der Waals surface area (Å²) in [4.78, 5) is 12.1. The largest absolute Gasteiger partial charge is 0.396 e. The lowest BCUT2D eigenvalue weighted by atomic mass is 9.86. The van der Waals surface area contributed by atoms with E-state index in [1.54, 1.807) is 23.9 Å². The predicted octanol–water partition coefficient (Wildman–Crippen LogP) is 1.96. The molecule has 0 bridgehead atoms. The van der Waals surface area contributed by atoms with Crippen molar-refractivity contribution in [2.75, 3.05) is 6.61 Å². The zero-order valence-corrected chi connectivity index (χ0v) is 11.3. The second kappa shape index (κ2) is 5.76. The molecule has 1 amide bonds. The van der Waals surface area contributed by atoms with Crippen LogP contribution < -0.4 is 5.32 Å². The number of hydrogen-bond acceptors (Lipinski definition) is 2. The number of nitrogens with one attached hydrogen (secondary N) is 1. The molecule has 1 aromatic heterocycles. The molecule has 1 aliphatic rings. The topological polar surface area (TPSA) is 54.3 Å². The van der Waals surface area contributed by atoms with Crippen LogP contribution in [0.4, 0.5) is 0 Å². The van der Waals surface area contributed by atoms with Crippen molar-refractivity contribution in [2.24, 2.45) is 13.0 Å². The van der Waals surface area contributed by atoms with Crippen LogP contribution in [0.3, 0.4) is 0 Å². The fraction of sp³-hybridized carbons (Fsp3) is 0.615. The molecule has 2 N–H and O–H groups in total. The first kappa shape index (κ1) is 13.4. The molecular weight excluding hydrogens is 252 g/mol. The highest BCUT2D eigenvalue weighted by Gasteiger charge is 2.23. The van der Waals surface area contributed by atoms with Crippen LogP contribution >= 0.6 is 11.6 Å². The Morgan fingerprint density at radius 3 is 3.00 bits per heavy atom. The summed E-state index contributed by atoms with van der Waals surface area (Å²) >= 11 is 5.86. The summed E-state index contributed by atoms with van der Waals surface area (Å²) in [6, 6.07) is 1.83. The number of aromatic nitrogens is 1. The van der Waals surface area contributed by atoms with Crippen molar-refractivity contribution in [3.8, 4) is 0 Å². The van der Waals surface area contributed by atoms with Gasteiger partial charge in [-0.25, -0.2) is 0 Å². The van der Waals surface area contributed by atoms with E-state index in [-0.39, 0.29) is 18.6 Å². The van der Waals surface area contributed by atoms with Crippen LogP contribution in [0.1, 0.15) is 36.2 Å². The van der Waals surface area contributed by atoms with Crippen LogP contribution in [0, 0.1) is 5.92 Å². The van der Waals surface area contributed by atoms with Gasteiger partial charge in [-0.1, -0.05) is 18.0 Å². The maximum atomic E-state index is 12.1. The molecule has 5 heteroatoms. The SMILES string of the molecule is Cn1cc(Cl)cc1C(=O)N[C@H]1CCC[C@@H](CO)C1. The normalized spacial score (nSPS) is 23.9. The Bertz CT molecular complexity index is 431. The first-order chi connectivity index (χ1) is 8.60. The fourth-order valence-electron chi connectivity index (χ4n) is 2.60. The van der Waals surface area contributed by atoms with E-state index in [1.165, 1.54) is 0 Å². The maximum absolute atomic E-state index is 12.1. The summed E-state index contributed by atoms with van der Waals surface area (Å²) in [5.74, 6) is 0.231. The zero-order chi connectivity index (χ0) is 13.1. The molecular formula is C13H19ClN2O2. The minimum atomic E-state index is -0.0898. The van der Waals surface area contributed by atoms with Gasteiger partial charge in [-0.05, 0) is 31.2 Å². The molecule has 0 aliphatic heterocycles.